The third-order valence-corrected chi connectivity index (χ3v) is 3.04. The summed E-state index contributed by atoms with van der Waals surface area (Å²) >= 11 is 0. The topological polar surface area (TPSA) is 43.4 Å². The number of esters is 1. The summed E-state index contributed by atoms with van der Waals surface area (Å²) in [6.45, 7) is 4.11. The second kappa shape index (κ2) is 11.9. The Balaban J connectivity index is 3.32. The van der Waals surface area contributed by atoms with Crippen LogP contribution < -0.4 is 0 Å². The molecule has 0 aromatic carbocycles. The van der Waals surface area contributed by atoms with Gasteiger partial charge < -0.3 is 4.74 Å². The van der Waals surface area contributed by atoms with Gasteiger partial charge in [-0.15, -0.1) is 0 Å². The van der Waals surface area contributed by atoms with Crippen molar-refractivity contribution in [3.8, 4) is 0 Å². The maximum Gasteiger partial charge on any atom is 0.305 e. The first kappa shape index (κ1) is 17.9. The molecular weight excluding hydrogens is 240 g/mol. The number of Topliss-reactive ketones (excluding diaryl/α,β-unsaturated/α-hetero) is 1. The van der Waals surface area contributed by atoms with E-state index in [0.717, 1.165) is 38.5 Å². The standard InChI is InChI=1S/C16H28O3/c1-14(2)10-9-12-15(17)11-7-5-4-6-8-13-16(18)19-3/h10H,4-9,11-13H2,1-3H3. The summed E-state index contributed by atoms with van der Waals surface area (Å²) in [5, 5.41) is 0. The van der Waals surface area contributed by atoms with Crippen LogP contribution in [-0.4, -0.2) is 18.9 Å². The first-order chi connectivity index (χ1) is 9.06. The Labute approximate surface area is 117 Å². The Kier molecular flexibility index (Phi) is 11.2. The van der Waals surface area contributed by atoms with E-state index < -0.39 is 0 Å². The van der Waals surface area contributed by atoms with Crippen molar-refractivity contribution in [3.63, 3.8) is 0 Å². The van der Waals surface area contributed by atoms with Crippen molar-refractivity contribution in [1.82, 2.24) is 0 Å². The number of ketones is 1. The number of allylic oxidation sites excluding steroid dienone is 2. The van der Waals surface area contributed by atoms with Gasteiger partial charge in [-0.3, -0.25) is 9.59 Å². The van der Waals surface area contributed by atoms with Gasteiger partial charge in [0.2, 0.25) is 0 Å². The lowest BCUT2D eigenvalue weighted by molar-refractivity contribution is -0.140. The minimum absolute atomic E-state index is 0.130. The molecule has 3 heteroatoms. The highest BCUT2D eigenvalue weighted by Gasteiger charge is 2.02. The van der Waals surface area contributed by atoms with Crippen molar-refractivity contribution in [1.29, 1.82) is 0 Å². The van der Waals surface area contributed by atoms with E-state index >= 15 is 0 Å². The minimum Gasteiger partial charge on any atom is -0.469 e. The Hall–Kier alpha value is -1.12. The van der Waals surface area contributed by atoms with Crippen molar-refractivity contribution >= 4 is 11.8 Å². The maximum absolute atomic E-state index is 11.6. The molecule has 110 valence electrons. The van der Waals surface area contributed by atoms with Crippen LogP contribution in [0.15, 0.2) is 11.6 Å². The molecule has 0 amide bonds. The third kappa shape index (κ3) is 13.1. The summed E-state index contributed by atoms with van der Waals surface area (Å²) in [4.78, 5) is 22.4. The normalized spacial score (nSPS) is 10.1. The smallest absolute Gasteiger partial charge is 0.305 e. The highest BCUT2D eigenvalue weighted by molar-refractivity contribution is 5.78. The van der Waals surface area contributed by atoms with E-state index in [1.54, 1.807) is 0 Å². The molecule has 0 aliphatic carbocycles. The maximum atomic E-state index is 11.6. The zero-order chi connectivity index (χ0) is 14.5. The van der Waals surface area contributed by atoms with Crippen LogP contribution in [0.5, 0.6) is 0 Å². The lowest BCUT2D eigenvalue weighted by Gasteiger charge is -2.01. The van der Waals surface area contributed by atoms with Gasteiger partial charge in [-0.05, 0) is 33.1 Å². The third-order valence-electron chi connectivity index (χ3n) is 3.04. The SMILES string of the molecule is COC(=O)CCCCCCCC(=O)CCC=C(C)C. The Morgan fingerprint density at radius 1 is 0.895 bits per heavy atom. The average Bonchev–Trinajstić information content (AvgIpc) is 2.36. The number of methoxy groups -OCH3 is 1. The van der Waals surface area contributed by atoms with Crippen LogP contribution in [-0.2, 0) is 14.3 Å². The first-order valence-corrected chi connectivity index (χ1v) is 7.28. The van der Waals surface area contributed by atoms with Crippen LogP contribution in [0.4, 0.5) is 0 Å². The van der Waals surface area contributed by atoms with Crippen molar-refractivity contribution < 1.29 is 14.3 Å². The summed E-state index contributed by atoms with van der Waals surface area (Å²) in [6.07, 6.45) is 9.96. The molecule has 19 heavy (non-hydrogen) atoms. The predicted octanol–water partition coefficient (Wildman–Crippen LogP) is 4.21. The van der Waals surface area contributed by atoms with Gasteiger partial charge in [-0.25, -0.2) is 0 Å². The lowest BCUT2D eigenvalue weighted by Crippen LogP contribution is -1.99. The number of carbonyl (C=O) groups excluding carboxylic acids is 2. The molecule has 0 aromatic rings. The van der Waals surface area contributed by atoms with Crippen LogP contribution in [0.25, 0.3) is 0 Å². The van der Waals surface area contributed by atoms with Crippen molar-refractivity contribution in [2.75, 3.05) is 7.11 Å². The van der Waals surface area contributed by atoms with Crippen LogP contribution in [0, 0.1) is 0 Å². The largest absolute Gasteiger partial charge is 0.469 e. The number of rotatable bonds is 11. The summed E-state index contributed by atoms with van der Waals surface area (Å²) in [7, 11) is 1.42. The van der Waals surface area contributed by atoms with Gasteiger partial charge in [0.15, 0.2) is 0 Å². The minimum atomic E-state index is -0.130. The molecule has 0 spiro atoms. The molecule has 0 unspecified atom stereocenters. The molecule has 0 saturated carbocycles. The van der Waals surface area contributed by atoms with Crippen molar-refractivity contribution in [2.45, 2.75) is 71.6 Å². The number of ether oxygens (including phenoxy) is 1. The second-order valence-corrected chi connectivity index (χ2v) is 5.20. The van der Waals surface area contributed by atoms with Crippen molar-refractivity contribution in [2.24, 2.45) is 0 Å². The van der Waals surface area contributed by atoms with Crippen LogP contribution in [0.1, 0.15) is 71.6 Å². The fourth-order valence-corrected chi connectivity index (χ4v) is 1.87. The van der Waals surface area contributed by atoms with Gasteiger partial charge in [0.1, 0.15) is 5.78 Å². The van der Waals surface area contributed by atoms with Gasteiger partial charge >= 0.3 is 5.97 Å². The molecule has 0 bridgehead atoms. The van der Waals surface area contributed by atoms with E-state index in [9.17, 15) is 9.59 Å². The highest BCUT2D eigenvalue weighted by Crippen LogP contribution is 2.09. The molecule has 0 atom stereocenters. The van der Waals surface area contributed by atoms with E-state index in [2.05, 4.69) is 24.7 Å². The molecule has 0 fully saturated rings. The molecule has 0 aliphatic rings. The van der Waals surface area contributed by atoms with Gasteiger partial charge in [0, 0.05) is 19.3 Å². The van der Waals surface area contributed by atoms with Gasteiger partial charge in [0.25, 0.3) is 0 Å². The average molecular weight is 268 g/mol. The van der Waals surface area contributed by atoms with Crippen LogP contribution >= 0.6 is 0 Å². The molecule has 0 aromatic heterocycles. The molecule has 0 N–H and O–H groups in total. The summed E-state index contributed by atoms with van der Waals surface area (Å²) in [5.41, 5.74) is 1.28. The highest BCUT2D eigenvalue weighted by atomic mass is 16.5. The van der Waals surface area contributed by atoms with E-state index in [1.165, 1.54) is 12.7 Å². The van der Waals surface area contributed by atoms with Crippen molar-refractivity contribution in [3.05, 3.63) is 11.6 Å². The zero-order valence-corrected chi connectivity index (χ0v) is 12.7. The predicted molar refractivity (Wildman–Crippen MR) is 78.0 cm³/mol. The Bertz CT molecular complexity index is 288. The molecule has 0 heterocycles. The van der Waals surface area contributed by atoms with E-state index in [0.29, 0.717) is 25.0 Å². The monoisotopic (exact) mass is 268 g/mol. The summed E-state index contributed by atoms with van der Waals surface area (Å²) in [5.74, 6) is 0.238. The van der Waals surface area contributed by atoms with E-state index in [-0.39, 0.29) is 5.97 Å². The second-order valence-electron chi connectivity index (χ2n) is 5.20. The fourth-order valence-electron chi connectivity index (χ4n) is 1.87. The van der Waals surface area contributed by atoms with E-state index in [1.807, 2.05) is 0 Å². The Morgan fingerprint density at radius 2 is 1.47 bits per heavy atom. The number of unbranched alkanes of at least 4 members (excludes halogenated alkanes) is 4. The number of carbonyl (C=O) groups is 2. The molecule has 0 saturated heterocycles. The quantitative estimate of drug-likeness (QED) is 0.320. The number of hydrogen-bond donors (Lipinski definition) is 0. The Morgan fingerprint density at radius 3 is 2.05 bits per heavy atom. The van der Waals surface area contributed by atoms with Crippen LogP contribution in [0.2, 0.25) is 0 Å². The lowest BCUT2D eigenvalue weighted by atomic mass is 10.0. The number of hydrogen-bond acceptors (Lipinski definition) is 3. The molecule has 0 radical (unpaired) electrons. The molecule has 0 rings (SSSR count). The van der Waals surface area contributed by atoms with Gasteiger partial charge in [0.05, 0.1) is 7.11 Å². The van der Waals surface area contributed by atoms with Gasteiger partial charge in [-0.1, -0.05) is 30.9 Å². The molecular formula is C16H28O3. The molecule has 3 nitrogen and oxygen atoms in total. The van der Waals surface area contributed by atoms with E-state index in [4.69, 9.17) is 0 Å². The van der Waals surface area contributed by atoms with Gasteiger partial charge in [-0.2, -0.15) is 0 Å². The van der Waals surface area contributed by atoms with Crippen LogP contribution in [0.3, 0.4) is 0 Å². The summed E-state index contributed by atoms with van der Waals surface area (Å²) in [6, 6.07) is 0. The fraction of sp³-hybridized carbons (Fsp3) is 0.750. The summed E-state index contributed by atoms with van der Waals surface area (Å²) < 4.78 is 4.58. The first-order valence-electron chi connectivity index (χ1n) is 7.28. The zero-order valence-electron chi connectivity index (χ0n) is 12.7. The molecule has 0 aliphatic heterocycles.